The zero-order valence-electron chi connectivity index (χ0n) is 19.3. The summed E-state index contributed by atoms with van der Waals surface area (Å²) in [5.41, 5.74) is 2.42. The number of hydrogen-bond acceptors (Lipinski definition) is 7. The molecule has 0 fully saturated rings. The molecule has 2 amide bonds. The molecule has 7 nitrogen and oxygen atoms in total. The van der Waals surface area contributed by atoms with Gasteiger partial charge in [0.1, 0.15) is 5.00 Å². The second-order valence-electron chi connectivity index (χ2n) is 7.82. The number of nitrogens with one attached hydrogen (secondary N) is 1. The van der Waals surface area contributed by atoms with Crippen LogP contribution in [-0.4, -0.2) is 40.5 Å². The van der Waals surface area contributed by atoms with Crippen LogP contribution in [-0.2, 0) is 33.7 Å². The number of terminal acetylenes is 1. The number of aryl methyl sites for hydroxylation is 1. The second-order valence-corrected chi connectivity index (χ2v) is 10.9. The molecule has 1 aliphatic rings. The molecule has 0 unspecified atom stereocenters. The quantitative estimate of drug-likeness (QED) is 0.349. The maximum atomic E-state index is 12.6. The SMILES string of the molecule is C#CCn1c(=NC(=O)CSCC(=O)Nc2sc3c(c2C(=O)OCC)CCCC3)sc2ccccc21. The van der Waals surface area contributed by atoms with Crippen LogP contribution in [0.3, 0.4) is 0 Å². The van der Waals surface area contributed by atoms with Crippen molar-refractivity contribution in [2.24, 2.45) is 4.99 Å². The van der Waals surface area contributed by atoms with Crippen LogP contribution in [0, 0.1) is 12.3 Å². The summed E-state index contributed by atoms with van der Waals surface area (Å²) >= 11 is 4.03. The Bertz CT molecular complexity index is 1380. The van der Waals surface area contributed by atoms with Gasteiger partial charge >= 0.3 is 5.97 Å². The van der Waals surface area contributed by atoms with Crippen LogP contribution in [0.5, 0.6) is 0 Å². The number of nitrogens with zero attached hydrogens (tertiary/aromatic N) is 2. The molecule has 1 N–H and O–H groups in total. The largest absolute Gasteiger partial charge is 0.462 e. The topological polar surface area (TPSA) is 89.8 Å². The van der Waals surface area contributed by atoms with Gasteiger partial charge in [-0.25, -0.2) is 4.79 Å². The average molecular weight is 528 g/mol. The average Bonchev–Trinajstić information content (AvgIpc) is 3.37. The lowest BCUT2D eigenvalue weighted by molar-refractivity contribution is -0.115. The fourth-order valence-corrected chi connectivity index (χ4v) is 6.90. The third-order valence-corrected chi connectivity index (χ3v) is 8.60. The van der Waals surface area contributed by atoms with E-state index in [-0.39, 0.29) is 29.9 Å². The van der Waals surface area contributed by atoms with Crippen LogP contribution in [0.1, 0.15) is 40.6 Å². The predicted octanol–water partition coefficient (Wildman–Crippen LogP) is 4.25. The zero-order chi connectivity index (χ0) is 24.8. The van der Waals surface area contributed by atoms with E-state index in [1.54, 1.807) is 6.92 Å². The van der Waals surface area contributed by atoms with Crippen molar-refractivity contribution in [2.45, 2.75) is 39.2 Å². The van der Waals surface area contributed by atoms with Crippen molar-refractivity contribution in [3.8, 4) is 12.3 Å². The number of para-hydroxylation sites is 1. The zero-order valence-corrected chi connectivity index (χ0v) is 21.7. The maximum Gasteiger partial charge on any atom is 0.341 e. The molecule has 0 saturated carbocycles. The molecule has 35 heavy (non-hydrogen) atoms. The smallest absolute Gasteiger partial charge is 0.341 e. The Kier molecular flexibility index (Phi) is 8.44. The Morgan fingerprint density at radius 1 is 1.20 bits per heavy atom. The van der Waals surface area contributed by atoms with Crippen LogP contribution in [0.2, 0.25) is 0 Å². The lowest BCUT2D eigenvalue weighted by Crippen LogP contribution is -2.19. The molecule has 4 rings (SSSR count). The number of amides is 2. The number of hydrogen-bond donors (Lipinski definition) is 1. The van der Waals surface area contributed by atoms with Crippen molar-refractivity contribution in [2.75, 3.05) is 23.4 Å². The first-order valence-electron chi connectivity index (χ1n) is 11.3. The molecule has 0 atom stereocenters. The van der Waals surface area contributed by atoms with E-state index in [1.807, 2.05) is 28.8 Å². The maximum absolute atomic E-state index is 12.6. The lowest BCUT2D eigenvalue weighted by Gasteiger charge is -2.12. The highest BCUT2D eigenvalue weighted by Crippen LogP contribution is 2.38. The number of fused-ring (bicyclic) bond motifs is 2. The van der Waals surface area contributed by atoms with Gasteiger partial charge in [-0.2, -0.15) is 4.99 Å². The van der Waals surface area contributed by atoms with E-state index in [0.29, 0.717) is 21.9 Å². The summed E-state index contributed by atoms with van der Waals surface area (Å²) in [6.07, 6.45) is 9.32. The third kappa shape index (κ3) is 5.86. The van der Waals surface area contributed by atoms with Crippen molar-refractivity contribution in [1.29, 1.82) is 0 Å². The first-order valence-corrected chi connectivity index (χ1v) is 14.1. The number of thioether (sulfide) groups is 1. The van der Waals surface area contributed by atoms with Crippen molar-refractivity contribution in [3.63, 3.8) is 0 Å². The van der Waals surface area contributed by atoms with Crippen molar-refractivity contribution in [1.82, 2.24) is 4.57 Å². The summed E-state index contributed by atoms with van der Waals surface area (Å²) in [6, 6.07) is 7.75. The molecule has 182 valence electrons. The highest BCUT2D eigenvalue weighted by molar-refractivity contribution is 8.00. The molecule has 0 aliphatic heterocycles. The molecule has 2 aromatic heterocycles. The fraction of sp³-hybridized carbons (Fsp3) is 0.360. The number of esters is 1. The molecule has 0 saturated heterocycles. The molecule has 1 aliphatic carbocycles. The van der Waals surface area contributed by atoms with E-state index in [2.05, 4.69) is 16.2 Å². The van der Waals surface area contributed by atoms with Gasteiger partial charge in [-0.15, -0.1) is 29.5 Å². The summed E-state index contributed by atoms with van der Waals surface area (Å²) in [7, 11) is 0. The van der Waals surface area contributed by atoms with Gasteiger partial charge in [-0.3, -0.25) is 9.59 Å². The normalized spacial score (nSPS) is 13.3. The number of thiazole rings is 1. The van der Waals surface area contributed by atoms with Gasteiger partial charge in [-0.05, 0) is 50.3 Å². The van der Waals surface area contributed by atoms with E-state index in [4.69, 9.17) is 11.2 Å². The van der Waals surface area contributed by atoms with Crippen LogP contribution >= 0.6 is 34.4 Å². The molecule has 2 heterocycles. The Morgan fingerprint density at radius 3 is 2.80 bits per heavy atom. The highest BCUT2D eigenvalue weighted by Gasteiger charge is 2.27. The number of ether oxygens (including phenoxy) is 1. The Morgan fingerprint density at radius 2 is 2.00 bits per heavy atom. The second kappa shape index (κ2) is 11.7. The van der Waals surface area contributed by atoms with Crippen LogP contribution in [0.25, 0.3) is 10.2 Å². The minimum atomic E-state index is -0.396. The van der Waals surface area contributed by atoms with Crippen LogP contribution in [0.4, 0.5) is 5.00 Å². The Balaban J connectivity index is 1.40. The van der Waals surface area contributed by atoms with Crippen molar-refractivity contribution < 1.29 is 19.1 Å². The van der Waals surface area contributed by atoms with Gasteiger partial charge in [0.2, 0.25) is 5.91 Å². The van der Waals surface area contributed by atoms with Crippen molar-refractivity contribution in [3.05, 3.63) is 45.1 Å². The third-order valence-electron chi connectivity index (χ3n) is 5.42. The molecular weight excluding hydrogens is 502 g/mol. The van der Waals surface area contributed by atoms with Crippen LogP contribution < -0.4 is 10.1 Å². The molecule has 0 radical (unpaired) electrons. The summed E-state index contributed by atoms with van der Waals surface area (Å²) in [4.78, 5) is 43.6. The molecule has 0 spiro atoms. The summed E-state index contributed by atoms with van der Waals surface area (Å²) in [6.45, 7) is 2.36. The molecule has 0 bridgehead atoms. The van der Waals surface area contributed by atoms with Gasteiger partial charge in [0.05, 0.1) is 40.4 Å². The lowest BCUT2D eigenvalue weighted by atomic mass is 9.95. The Hall–Kier alpha value is -2.87. The van der Waals surface area contributed by atoms with Gasteiger partial charge < -0.3 is 14.6 Å². The monoisotopic (exact) mass is 527 g/mol. The van der Waals surface area contributed by atoms with Gasteiger partial charge in [0.25, 0.3) is 5.91 Å². The van der Waals surface area contributed by atoms with E-state index < -0.39 is 5.97 Å². The highest BCUT2D eigenvalue weighted by atomic mass is 32.2. The summed E-state index contributed by atoms with van der Waals surface area (Å²) in [5, 5.41) is 3.41. The number of anilines is 1. The fourth-order valence-electron chi connectivity index (χ4n) is 3.96. The van der Waals surface area contributed by atoms with Gasteiger partial charge in [0.15, 0.2) is 4.80 Å². The molecule has 3 aromatic rings. The number of benzene rings is 1. The van der Waals surface area contributed by atoms with E-state index in [0.717, 1.165) is 46.3 Å². The number of aromatic nitrogens is 1. The van der Waals surface area contributed by atoms with E-state index in [9.17, 15) is 14.4 Å². The van der Waals surface area contributed by atoms with Gasteiger partial charge in [0, 0.05) is 4.88 Å². The molecule has 1 aromatic carbocycles. The predicted molar refractivity (Wildman–Crippen MR) is 142 cm³/mol. The van der Waals surface area contributed by atoms with E-state index >= 15 is 0 Å². The summed E-state index contributed by atoms with van der Waals surface area (Å²) in [5.74, 6) is 1.74. The standard InChI is InChI=1S/C25H25N3O4S3/c1-3-13-28-17-10-6-8-12-19(17)35-25(28)27-21(30)15-33-14-20(29)26-23-22(24(31)32-4-2)16-9-5-7-11-18(16)34-23/h1,6,8,10,12H,4-5,7,9,11,13-15H2,2H3,(H,26,29). The minimum Gasteiger partial charge on any atom is -0.462 e. The first-order chi connectivity index (χ1) is 17.0. The molecular formula is C25H25N3O4S3. The van der Waals surface area contributed by atoms with Crippen molar-refractivity contribution >= 4 is 67.4 Å². The van der Waals surface area contributed by atoms with Gasteiger partial charge in [-0.1, -0.05) is 29.4 Å². The number of carbonyl (C=O) groups is 3. The molecule has 10 heteroatoms. The number of rotatable bonds is 8. The van der Waals surface area contributed by atoms with E-state index in [1.165, 1.54) is 34.4 Å². The van der Waals surface area contributed by atoms with Crippen LogP contribution in [0.15, 0.2) is 29.3 Å². The minimum absolute atomic E-state index is 0.0589. The summed E-state index contributed by atoms with van der Waals surface area (Å²) < 4.78 is 8.07. The number of carbonyl (C=O) groups excluding carboxylic acids is 3. The number of thiophene rings is 1. The Labute approximate surface area is 215 Å². The first kappa shape index (κ1) is 25.2.